The Morgan fingerprint density at radius 1 is 1.26 bits per heavy atom. The number of aliphatic carboxylic acids is 1. The molecule has 0 radical (unpaired) electrons. The number of halogens is 1. The first kappa shape index (κ1) is 28.8. The van der Waals surface area contributed by atoms with Gasteiger partial charge < -0.3 is 30.1 Å². The number of likely N-dealkylation sites (tertiary alicyclic amines) is 1. The number of anilines is 1. The number of ether oxygens (including phenoxy) is 2. The van der Waals surface area contributed by atoms with E-state index in [1.54, 1.807) is 31.4 Å². The number of piperidine rings is 1. The molecule has 2 aromatic rings. The average Bonchev–Trinajstić information content (AvgIpc) is 2.94. The van der Waals surface area contributed by atoms with Crippen LogP contribution in [-0.2, 0) is 22.4 Å². The molecule has 212 valence electrons. The van der Waals surface area contributed by atoms with Crippen LogP contribution in [-0.4, -0.2) is 85.1 Å². The summed E-state index contributed by atoms with van der Waals surface area (Å²) in [4.78, 5) is 31.3. The molecule has 9 nitrogen and oxygen atoms in total. The number of amides is 1. The number of carboxylic acid groups (broad SMARTS) is 1. The molecule has 3 heterocycles. The van der Waals surface area contributed by atoms with Crippen molar-refractivity contribution in [2.24, 2.45) is 0 Å². The molecule has 1 fully saturated rings. The molecule has 4 rings (SSSR count). The summed E-state index contributed by atoms with van der Waals surface area (Å²) in [5.74, 6) is -0.193. The minimum atomic E-state index is -1.35. The van der Waals surface area contributed by atoms with Gasteiger partial charge in [-0.15, -0.1) is 0 Å². The molecule has 1 aromatic heterocycles. The lowest BCUT2D eigenvalue weighted by Crippen LogP contribution is -2.48. The molecule has 3 N–H and O–H groups in total. The standard InChI is InChI=1S/C29H39FN4O5/c1-38-17-18-39-24-7-2-5-22(19-24)27(35)33-25(28(36)37)11-16-34-15-4-12-29(30,20-34)13-10-23-9-8-21-6-3-14-31-26(21)32-23/h2,5,7-9,19,25H,3-4,6,10-18,20H2,1H3,(H,31,32)(H,33,35)(H,36,37)/t25-,29+/m0/s1. The largest absolute Gasteiger partial charge is 0.491 e. The molecule has 0 spiro atoms. The van der Waals surface area contributed by atoms with Gasteiger partial charge in [0.2, 0.25) is 0 Å². The molecule has 2 aliphatic rings. The highest BCUT2D eigenvalue weighted by atomic mass is 19.1. The highest BCUT2D eigenvalue weighted by Crippen LogP contribution is 2.31. The molecule has 1 saturated heterocycles. The monoisotopic (exact) mass is 542 g/mol. The maximum atomic E-state index is 15.8. The van der Waals surface area contributed by atoms with Gasteiger partial charge in [0.25, 0.3) is 5.91 Å². The van der Waals surface area contributed by atoms with E-state index in [1.807, 2.05) is 11.0 Å². The van der Waals surface area contributed by atoms with Crippen LogP contribution in [0.4, 0.5) is 10.2 Å². The molecular weight excluding hydrogens is 503 g/mol. The van der Waals surface area contributed by atoms with Crippen molar-refractivity contribution in [2.75, 3.05) is 51.8 Å². The van der Waals surface area contributed by atoms with E-state index < -0.39 is 23.6 Å². The summed E-state index contributed by atoms with van der Waals surface area (Å²) in [7, 11) is 1.57. The predicted octanol–water partition coefficient (Wildman–Crippen LogP) is 3.47. The summed E-state index contributed by atoms with van der Waals surface area (Å²) in [5.41, 5.74) is 1.06. The fourth-order valence-corrected chi connectivity index (χ4v) is 5.21. The van der Waals surface area contributed by atoms with Crippen LogP contribution in [0.2, 0.25) is 0 Å². The zero-order valence-electron chi connectivity index (χ0n) is 22.6. The number of carbonyl (C=O) groups excluding carboxylic acids is 1. The van der Waals surface area contributed by atoms with E-state index in [2.05, 4.69) is 16.7 Å². The van der Waals surface area contributed by atoms with Crippen molar-refractivity contribution < 1.29 is 28.6 Å². The number of carbonyl (C=O) groups is 2. The predicted molar refractivity (Wildman–Crippen MR) is 146 cm³/mol. The molecular formula is C29H39FN4O5. The summed E-state index contributed by atoms with van der Waals surface area (Å²) in [5, 5.41) is 15.7. The second kappa shape index (κ2) is 13.7. The van der Waals surface area contributed by atoms with Crippen LogP contribution >= 0.6 is 0 Å². The number of benzene rings is 1. The van der Waals surface area contributed by atoms with Crippen molar-refractivity contribution in [2.45, 2.75) is 56.7 Å². The number of carboxylic acids is 1. The maximum Gasteiger partial charge on any atom is 0.326 e. The van der Waals surface area contributed by atoms with Crippen molar-refractivity contribution >= 4 is 17.7 Å². The molecule has 0 saturated carbocycles. The van der Waals surface area contributed by atoms with Crippen LogP contribution < -0.4 is 15.4 Å². The van der Waals surface area contributed by atoms with Gasteiger partial charge in [-0.1, -0.05) is 12.1 Å². The number of hydrogen-bond donors (Lipinski definition) is 3. The van der Waals surface area contributed by atoms with Gasteiger partial charge in [-0.3, -0.25) is 4.79 Å². The zero-order chi connectivity index (χ0) is 27.7. The summed E-state index contributed by atoms with van der Waals surface area (Å²) < 4.78 is 26.3. The van der Waals surface area contributed by atoms with Gasteiger partial charge in [-0.05, 0) is 81.3 Å². The van der Waals surface area contributed by atoms with Crippen molar-refractivity contribution in [1.29, 1.82) is 0 Å². The average molecular weight is 543 g/mol. The Morgan fingerprint density at radius 2 is 2.13 bits per heavy atom. The molecule has 0 bridgehead atoms. The van der Waals surface area contributed by atoms with E-state index in [9.17, 15) is 14.7 Å². The summed E-state index contributed by atoms with van der Waals surface area (Å²) in [6, 6.07) is 9.58. The van der Waals surface area contributed by atoms with E-state index in [0.29, 0.717) is 63.3 Å². The van der Waals surface area contributed by atoms with Gasteiger partial charge in [-0.25, -0.2) is 14.2 Å². The zero-order valence-corrected chi connectivity index (χ0v) is 22.6. The number of nitrogens with one attached hydrogen (secondary N) is 2. The summed E-state index contributed by atoms with van der Waals surface area (Å²) in [6.45, 7) is 3.00. The second-order valence-electron chi connectivity index (χ2n) is 10.4. The molecule has 2 atom stereocenters. The molecule has 2 aliphatic heterocycles. The second-order valence-corrected chi connectivity index (χ2v) is 10.4. The van der Waals surface area contributed by atoms with E-state index in [4.69, 9.17) is 14.5 Å². The topological polar surface area (TPSA) is 113 Å². The number of alkyl halides is 1. The maximum absolute atomic E-state index is 15.8. The Kier molecular flexibility index (Phi) is 10.1. The Bertz CT molecular complexity index is 1130. The van der Waals surface area contributed by atoms with Gasteiger partial charge in [0.15, 0.2) is 0 Å². The minimum Gasteiger partial charge on any atom is -0.491 e. The highest BCUT2D eigenvalue weighted by Gasteiger charge is 2.35. The lowest BCUT2D eigenvalue weighted by Gasteiger charge is -2.38. The number of hydrogen-bond acceptors (Lipinski definition) is 7. The first-order valence-corrected chi connectivity index (χ1v) is 13.7. The minimum absolute atomic E-state index is 0.180. The van der Waals surface area contributed by atoms with Crippen molar-refractivity contribution in [1.82, 2.24) is 15.2 Å². The molecule has 0 aliphatic carbocycles. The van der Waals surface area contributed by atoms with Crippen LogP contribution in [0.25, 0.3) is 0 Å². The van der Waals surface area contributed by atoms with Crippen LogP contribution in [0, 0.1) is 0 Å². The van der Waals surface area contributed by atoms with E-state index >= 15 is 4.39 Å². The van der Waals surface area contributed by atoms with E-state index in [1.165, 1.54) is 5.56 Å². The number of aromatic nitrogens is 1. The Morgan fingerprint density at radius 3 is 2.95 bits per heavy atom. The highest BCUT2D eigenvalue weighted by molar-refractivity contribution is 5.96. The van der Waals surface area contributed by atoms with Crippen LogP contribution in [0.1, 0.15) is 53.7 Å². The van der Waals surface area contributed by atoms with E-state index in [-0.39, 0.29) is 13.0 Å². The molecule has 0 unspecified atom stereocenters. The van der Waals surface area contributed by atoms with Gasteiger partial charge in [0.05, 0.1) is 6.61 Å². The smallest absolute Gasteiger partial charge is 0.326 e. The quantitative estimate of drug-likeness (QED) is 0.330. The van der Waals surface area contributed by atoms with Crippen molar-refractivity contribution in [3.63, 3.8) is 0 Å². The van der Waals surface area contributed by atoms with Gasteiger partial charge >= 0.3 is 5.97 Å². The van der Waals surface area contributed by atoms with Crippen molar-refractivity contribution in [3.8, 4) is 5.75 Å². The van der Waals surface area contributed by atoms with Crippen molar-refractivity contribution in [3.05, 3.63) is 53.2 Å². The number of methoxy groups -OCH3 is 1. The van der Waals surface area contributed by atoms with Crippen LogP contribution in [0.3, 0.4) is 0 Å². The Labute approximate surface area is 229 Å². The normalized spacial score (nSPS) is 19.9. The van der Waals surface area contributed by atoms with E-state index in [0.717, 1.165) is 30.9 Å². The molecule has 1 amide bonds. The summed E-state index contributed by atoms with van der Waals surface area (Å²) >= 11 is 0. The first-order chi connectivity index (χ1) is 18.8. The van der Waals surface area contributed by atoms with Crippen LogP contribution in [0.5, 0.6) is 5.75 Å². The number of aryl methyl sites for hydroxylation is 2. The number of nitrogens with zero attached hydrogens (tertiary/aromatic N) is 2. The lowest BCUT2D eigenvalue weighted by atomic mass is 9.89. The first-order valence-electron chi connectivity index (χ1n) is 13.7. The molecule has 1 aromatic carbocycles. The van der Waals surface area contributed by atoms with Gasteiger partial charge in [0.1, 0.15) is 29.9 Å². The van der Waals surface area contributed by atoms with Gasteiger partial charge in [0, 0.05) is 38.0 Å². The fourth-order valence-electron chi connectivity index (χ4n) is 5.21. The summed E-state index contributed by atoms with van der Waals surface area (Å²) in [6.07, 6.45) is 4.41. The third kappa shape index (κ3) is 8.37. The molecule has 10 heteroatoms. The number of rotatable bonds is 13. The fraction of sp³-hybridized carbons (Fsp3) is 0.552. The van der Waals surface area contributed by atoms with Gasteiger partial charge in [-0.2, -0.15) is 0 Å². The Hall–Kier alpha value is -3.24. The lowest BCUT2D eigenvalue weighted by molar-refractivity contribution is -0.139. The third-order valence-corrected chi connectivity index (χ3v) is 7.38. The SMILES string of the molecule is COCCOc1cccc(C(=O)N[C@@H](CCN2CCC[C@@](F)(CCc3ccc4c(n3)NCCC4)C2)C(=O)O)c1. The third-order valence-electron chi connectivity index (χ3n) is 7.38. The molecule has 39 heavy (non-hydrogen) atoms. The van der Waals surface area contributed by atoms with Crippen LogP contribution in [0.15, 0.2) is 36.4 Å². The number of fused-ring (bicyclic) bond motifs is 1. The Balaban J connectivity index is 1.28. The number of pyridine rings is 1.